The lowest BCUT2D eigenvalue weighted by Crippen LogP contribution is -2.31. The number of carbonyl (C=O) groups is 1. The van der Waals surface area contributed by atoms with Crippen LogP contribution in [0.2, 0.25) is 5.02 Å². The molecule has 1 amide bonds. The Morgan fingerprint density at radius 3 is 2.93 bits per heavy atom. The van der Waals surface area contributed by atoms with Crippen LogP contribution in [-0.4, -0.2) is 23.7 Å². The van der Waals surface area contributed by atoms with Crippen LogP contribution in [0.15, 0.2) is 18.2 Å². The molecule has 0 fully saturated rings. The highest BCUT2D eigenvalue weighted by atomic mass is 127. The van der Waals surface area contributed by atoms with Crippen LogP contribution in [0.5, 0.6) is 0 Å². The van der Waals surface area contributed by atoms with Gasteiger partial charge in [0.2, 0.25) is 0 Å². The van der Waals surface area contributed by atoms with Gasteiger partial charge in [-0.2, -0.15) is 0 Å². The molecule has 0 unspecified atom stereocenters. The Balaban J connectivity index is 2.77. The Morgan fingerprint density at radius 2 is 2.33 bits per heavy atom. The van der Waals surface area contributed by atoms with Crippen molar-refractivity contribution in [2.45, 2.75) is 13.0 Å². The van der Waals surface area contributed by atoms with Crippen LogP contribution in [0.1, 0.15) is 17.3 Å². The Labute approximate surface area is 107 Å². The monoisotopic (exact) mass is 339 g/mol. The molecule has 0 aromatic heterocycles. The van der Waals surface area contributed by atoms with Gasteiger partial charge in [-0.3, -0.25) is 4.79 Å². The number of nitrogens with one attached hydrogen (secondary N) is 1. The van der Waals surface area contributed by atoms with Crippen LogP contribution < -0.4 is 5.32 Å². The van der Waals surface area contributed by atoms with Gasteiger partial charge in [0.15, 0.2) is 0 Å². The first-order chi connectivity index (χ1) is 7.00. The molecule has 1 aromatic carbocycles. The number of aliphatic hydroxyl groups excluding tert-OH is 1. The fourth-order valence-electron chi connectivity index (χ4n) is 1.01. The Morgan fingerprint density at radius 1 is 1.67 bits per heavy atom. The minimum absolute atomic E-state index is 0.220. The third-order valence-electron chi connectivity index (χ3n) is 1.73. The smallest absolute Gasteiger partial charge is 0.252 e. The first-order valence-electron chi connectivity index (χ1n) is 4.42. The third kappa shape index (κ3) is 3.96. The summed E-state index contributed by atoms with van der Waals surface area (Å²) in [5, 5.41) is 12.2. The summed E-state index contributed by atoms with van der Waals surface area (Å²) in [5.74, 6) is -0.220. The maximum absolute atomic E-state index is 11.6. The van der Waals surface area contributed by atoms with Crippen LogP contribution in [-0.2, 0) is 0 Å². The summed E-state index contributed by atoms with van der Waals surface area (Å²) in [6.07, 6.45) is -0.550. The minimum atomic E-state index is -0.550. The van der Waals surface area contributed by atoms with Crippen molar-refractivity contribution in [2.24, 2.45) is 0 Å². The first kappa shape index (κ1) is 12.7. The average molecular weight is 340 g/mol. The first-order valence-corrected chi connectivity index (χ1v) is 5.87. The highest BCUT2D eigenvalue weighted by molar-refractivity contribution is 14.1. The van der Waals surface area contributed by atoms with E-state index in [1.165, 1.54) is 0 Å². The summed E-state index contributed by atoms with van der Waals surface area (Å²) < 4.78 is 0.833. The molecule has 0 aliphatic rings. The largest absolute Gasteiger partial charge is 0.392 e. The predicted octanol–water partition coefficient (Wildman–Crippen LogP) is 2.06. The van der Waals surface area contributed by atoms with E-state index >= 15 is 0 Å². The van der Waals surface area contributed by atoms with Crippen molar-refractivity contribution in [2.75, 3.05) is 6.54 Å². The number of rotatable bonds is 3. The number of carbonyl (C=O) groups excluding carboxylic acids is 1. The Kier molecular flexibility index (Phi) is 4.82. The van der Waals surface area contributed by atoms with Crippen molar-refractivity contribution in [3.05, 3.63) is 32.4 Å². The molecule has 0 radical (unpaired) electrons. The zero-order valence-electron chi connectivity index (χ0n) is 8.13. The fraction of sp³-hybridized carbons (Fsp3) is 0.300. The van der Waals surface area contributed by atoms with E-state index in [0.29, 0.717) is 10.6 Å². The van der Waals surface area contributed by atoms with Gasteiger partial charge in [0.05, 0.1) is 11.7 Å². The van der Waals surface area contributed by atoms with Crippen LogP contribution in [0.3, 0.4) is 0 Å². The molecule has 2 N–H and O–H groups in total. The molecule has 0 saturated heterocycles. The summed E-state index contributed by atoms with van der Waals surface area (Å²) >= 11 is 7.86. The molecular weight excluding hydrogens is 328 g/mol. The van der Waals surface area contributed by atoms with Gasteiger partial charge in [0, 0.05) is 15.1 Å². The van der Waals surface area contributed by atoms with Crippen molar-refractivity contribution in [1.82, 2.24) is 5.32 Å². The molecule has 0 spiro atoms. The van der Waals surface area contributed by atoms with E-state index in [4.69, 9.17) is 16.7 Å². The van der Waals surface area contributed by atoms with E-state index in [2.05, 4.69) is 27.9 Å². The summed E-state index contributed by atoms with van der Waals surface area (Å²) in [5.41, 5.74) is 0.531. The fourth-order valence-corrected chi connectivity index (χ4v) is 1.76. The summed E-state index contributed by atoms with van der Waals surface area (Å²) in [6, 6.07) is 5.12. The molecule has 1 atom stereocenters. The Hall–Kier alpha value is -0.330. The van der Waals surface area contributed by atoms with Crippen molar-refractivity contribution in [3.63, 3.8) is 0 Å². The van der Waals surface area contributed by atoms with Gasteiger partial charge in [-0.15, -0.1) is 0 Å². The lowest BCUT2D eigenvalue weighted by molar-refractivity contribution is 0.0923. The minimum Gasteiger partial charge on any atom is -0.392 e. The van der Waals surface area contributed by atoms with Crippen molar-refractivity contribution in [3.8, 4) is 0 Å². The van der Waals surface area contributed by atoms with Crippen LogP contribution in [0, 0.1) is 3.57 Å². The second-order valence-corrected chi connectivity index (χ2v) is 4.78. The van der Waals surface area contributed by atoms with Gasteiger partial charge in [-0.25, -0.2) is 0 Å². The number of hydrogen-bond donors (Lipinski definition) is 2. The molecule has 82 valence electrons. The van der Waals surface area contributed by atoms with E-state index in [9.17, 15) is 4.79 Å². The van der Waals surface area contributed by atoms with Crippen LogP contribution in [0.4, 0.5) is 0 Å². The third-order valence-corrected chi connectivity index (χ3v) is 2.91. The van der Waals surface area contributed by atoms with Gasteiger partial charge in [-0.1, -0.05) is 11.6 Å². The van der Waals surface area contributed by atoms with Gasteiger partial charge in [0.1, 0.15) is 0 Å². The molecular formula is C10H11ClINO2. The Bertz CT molecular complexity index is 368. The molecule has 1 rings (SSSR count). The van der Waals surface area contributed by atoms with Gasteiger partial charge < -0.3 is 10.4 Å². The predicted molar refractivity (Wildman–Crippen MR) is 68.2 cm³/mol. The zero-order chi connectivity index (χ0) is 11.4. The second kappa shape index (κ2) is 5.67. The molecule has 1 aromatic rings. The highest BCUT2D eigenvalue weighted by Gasteiger charge is 2.10. The van der Waals surface area contributed by atoms with Gasteiger partial charge >= 0.3 is 0 Å². The van der Waals surface area contributed by atoms with Crippen molar-refractivity contribution in [1.29, 1.82) is 0 Å². The van der Waals surface area contributed by atoms with E-state index < -0.39 is 6.10 Å². The number of amides is 1. The number of aliphatic hydroxyl groups is 1. The SMILES string of the molecule is C[C@H](O)CNC(=O)c1cc(Cl)ccc1I. The molecule has 0 aliphatic carbocycles. The summed E-state index contributed by atoms with van der Waals surface area (Å²) in [4.78, 5) is 11.6. The molecule has 0 bridgehead atoms. The summed E-state index contributed by atoms with van der Waals surface area (Å²) in [6.45, 7) is 1.85. The topological polar surface area (TPSA) is 49.3 Å². The number of halogens is 2. The van der Waals surface area contributed by atoms with Crippen molar-refractivity contribution < 1.29 is 9.90 Å². The van der Waals surface area contributed by atoms with E-state index in [1.807, 2.05) is 0 Å². The number of hydrogen-bond acceptors (Lipinski definition) is 2. The molecule has 0 aliphatic heterocycles. The van der Waals surface area contributed by atoms with E-state index in [1.54, 1.807) is 25.1 Å². The maximum atomic E-state index is 11.6. The van der Waals surface area contributed by atoms with Crippen LogP contribution >= 0.6 is 34.2 Å². The zero-order valence-corrected chi connectivity index (χ0v) is 11.0. The highest BCUT2D eigenvalue weighted by Crippen LogP contribution is 2.17. The van der Waals surface area contributed by atoms with E-state index in [0.717, 1.165) is 3.57 Å². The van der Waals surface area contributed by atoms with E-state index in [-0.39, 0.29) is 12.5 Å². The molecule has 5 heteroatoms. The lowest BCUT2D eigenvalue weighted by Gasteiger charge is -2.08. The lowest BCUT2D eigenvalue weighted by atomic mass is 10.2. The van der Waals surface area contributed by atoms with Crippen molar-refractivity contribution >= 4 is 40.1 Å². The quantitative estimate of drug-likeness (QED) is 0.828. The second-order valence-electron chi connectivity index (χ2n) is 3.18. The van der Waals surface area contributed by atoms with Crippen LogP contribution in [0.25, 0.3) is 0 Å². The summed E-state index contributed by atoms with van der Waals surface area (Å²) in [7, 11) is 0. The maximum Gasteiger partial charge on any atom is 0.252 e. The molecule has 3 nitrogen and oxygen atoms in total. The average Bonchev–Trinajstić information content (AvgIpc) is 2.18. The van der Waals surface area contributed by atoms with Gasteiger partial charge in [0.25, 0.3) is 5.91 Å². The van der Waals surface area contributed by atoms with Gasteiger partial charge in [-0.05, 0) is 47.7 Å². The molecule has 0 heterocycles. The number of benzene rings is 1. The normalized spacial score (nSPS) is 12.3. The molecule has 15 heavy (non-hydrogen) atoms. The molecule has 0 saturated carbocycles. The standard InChI is InChI=1S/C10H11ClINO2/c1-6(14)5-13-10(15)8-4-7(11)2-3-9(8)12/h2-4,6,14H,5H2,1H3,(H,13,15)/t6-/m0/s1.